The molecule has 9 heteroatoms. The van der Waals surface area contributed by atoms with E-state index in [0.29, 0.717) is 48.5 Å². The van der Waals surface area contributed by atoms with Gasteiger partial charge in [0, 0.05) is 49.6 Å². The third-order valence-electron chi connectivity index (χ3n) is 7.87. The molecule has 9 nitrogen and oxygen atoms in total. The molecule has 220 valence electrons. The number of likely N-dealkylation sites (N-methyl/N-ethyl adjacent to an activating group) is 1. The van der Waals surface area contributed by atoms with Crippen LogP contribution in [0.2, 0.25) is 0 Å². The Kier molecular flexibility index (Phi) is 9.51. The second-order valence-corrected chi connectivity index (χ2v) is 10.9. The summed E-state index contributed by atoms with van der Waals surface area (Å²) in [7, 11) is 2.07. The van der Waals surface area contributed by atoms with E-state index >= 15 is 0 Å². The molecule has 0 radical (unpaired) electrons. The SMILES string of the molecule is C=CNc1c(C(C)=N)c(-c2ccc(Oc3ccccc3)cc2)nn1C1CCCN(C(=O)C=CCN(C)C2CCOC2)C1. The summed E-state index contributed by atoms with van der Waals surface area (Å²) in [4.78, 5) is 17.3. The summed E-state index contributed by atoms with van der Waals surface area (Å²) in [5.41, 5.74) is 2.70. The lowest BCUT2D eigenvalue weighted by atomic mass is 10.0. The van der Waals surface area contributed by atoms with E-state index in [0.717, 1.165) is 49.5 Å². The van der Waals surface area contributed by atoms with Gasteiger partial charge in [0.2, 0.25) is 5.91 Å². The number of nitrogens with one attached hydrogen (secondary N) is 2. The van der Waals surface area contributed by atoms with E-state index in [2.05, 4.69) is 23.8 Å². The molecule has 2 atom stereocenters. The Morgan fingerprint density at radius 1 is 1.19 bits per heavy atom. The van der Waals surface area contributed by atoms with Crippen LogP contribution < -0.4 is 10.1 Å². The van der Waals surface area contributed by atoms with Crippen LogP contribution in [0.25, 0.3) is 11.3 Å². The average molecular weight is 569 g/mol. The topological polar surface area (TPSA) is 95.7 Å². The Balaban J connectivity index is 1.34. The van der Waals surface area contributed by atoms with Crippen molar-refractivity contribution in [1.82, 2.24) is 19.6 Å². The number of hydrogen-bond donors (Lipinski definition) is 2. The zero-order valence-electron chi connectivity index (χ0n) is 24.5. The number of anilines is 1. The summed E-state index contributed by atoms with van der Waals surface area (Å²) < 4.78 is 13.4. The number of carbonyl (C=O) groups is 1. The van der Waals surface area contributed by atoms with E-state index in [1.165, 1.54) is 0 Å². The van der Waals surface area contributed by atoms with Crippen LogP contribution in [-0.4, -0.2) is 77.1 Å². The predicted octanol–water partition coefficient (Wildman–Crippen LogP) is 5.73. The number of ether oxygens (including phenoxy) is 2. The van der Waals surface area contributed by atoms with Crippen LogP contribution in [0, 0.1) is 5.41 Å². The maximum Gasteiger partial charge on any atom is 0.246 e. The summed E-state index contributed by atoms with van der Waals surface area (Å²) in [5, 5.41) is 16.9. The molecule has 1 amide bonds. The normalized spacial score (nSPS) is 18.9. The van der Waals surface area contributed by atoms with Crippen molar-refractivity contribution in [3.05, 3.63) is 85.1 Å². The molecule has 2 fully saturated rings. The molecule has 0 aliphatic carbocycles. The van der Waals surface area contributed by atoms with Gasteiger partial charge in [-0.3, -0.25) is 9.69 Å². The third kappa shape index (κ3) is 6.80. The smallest absolute Gasteiger partial charge is 0.246 e. The molecule has 0 saturated carbocycles. The molecular formula is C33H40N6O3. The quantitative estimate of drug-likeness (QED) is 0.227. The van der Waals surface area contributed by atoms with Gasteiger partial charge in [-0.2, -0.15) is 5.10 Å². The molecule has 0 spiro atoms. The van der Waals surface area contributed by atoms with Crippen LogP contribution >= 0.6 is 0 Å². The van der Waals surface area contributed by atoms with Crippen molar-refractivity contribution >= 4 is 17.4 Å². The first-order valence-corrected chi connectivity index (χ1v) is 14.6. The third-order valence-corrected chi connectivity index (χ3v) is 7.87. The Hall–Kier alpha value is -4.21. The largest absolute Gasteiger partial charge is 0.457 e. The maximum atomic E-state index is 13.1. The van der Waals surface area contributed by atoms with Gasteiger partial charge in [0.1, 0.15) is 23.0 Å². The van der Waals surface area contributed by atoms with Crippen LogP contribution in [0.4, 0.5) is 5.82 Å². The fourth-order valence-corrected chi connectivity index (χ4v) is 5.59. The van der Waals surface area contributed by atoms with Gasteiger partial charge in [0.25, 0.3) is 0 Å². The molecule has 5 rings (SSSR count). The highest BCUT2D eigenvalue weighted by Crippen LogP contribution is 2.35. The van der Waals surface area contributed by atoms with E-state index in [9.17, 15) is 4.79 Å². The van der Waals surface area contributed by atoms with Crippen LogP contribution in [0.5, 0.6) is 11.5 Å². The molecule has 2 unspecified atom stereocenters. The van der Waals surface area contributed by atoms with Crippen molar-refractivity contribution in [2.75, 3.05) is 45.2 Å². The summed E-state index contributed by atoms with van der Waals surface area (Å²) >= 11 is 0. The van der Waals surface area contributed by atoms with Crippen molar-refractivity contribution in [2.24, 2.45) is 0 Å². The predicted molar refractivity (Wildman–Crippen MR) is 166 cm³/mol. The Morgan fingerprint density at radius 2 is 1.95 bits per heavy atom. The molecule has 0 bridgehead atoms. The number of nitrogens with zero attached hydrogens (tertiary/aromatic N) is 4. The number of aromatic nitrogens is 2. The van der Waals surface area contributed by atoms with Gasteiger partial charge in [-0.25, -0.2) is 4.68 Å². The van der Waals surface area contributed by atoms with Gasteiger partial charge in [-0.05, 0) is 75.8 Å². The second kappa shape index (κ2) is 13.6. The first-order valence-electron chi connectivity index (χ1n) is 14.6. The van der Waals surface area contributed by atoms with E-state index < -0.39 is 0 Å². The highest BCUT2D eigenvalue weighted by atomic mass is 16.5. The van der Waals surface area contributed by atoms with Gasteiger partial charge in [0.15, 0.2) is 0 Å². The number of hydrogen-bond acceptors (Lipinski definition) is 7. The van der Waals surface area contributed by atoms with Crippen LogP contribution in [0.3, 0.4) is 0 Å². The van der Waals surface area contributed by atoms with Gasteiger partial charge >= 0.3 is 0 Å². The van der Waals surface area contributed by atoms with Crippen LogP contribution in [-0.2, 0) is 9.53 Å². The highest BCUT2D eigenvalue weighted by Gasteiger charge is 2.29. The fourth-order valence-electron chi connectivity index (χ4n) is 5.59. The van der Waals surface area contributed by atoms with Crippen molar-refractivity contribution in [2.45, 2.75) is 38.3 Å². The number of para-hydroxylation sites is 1. The molecule has 2 aromatic carbocycles. The maximum absolute atomic E-state index is 13.1. The minimum absolute atomic E-state index is 0.0128. The summed E-state index contributed by atoms with van der Waals surface area (Å²) in [6.07, 6.45) is 8.03. The minimum Gasteiger partial charge on any atom is -0.457 e. The monoisotopic (exact) mass is 568 g/mol. The van der Waals surface area contributed by atoms with Crippen LogP contribution in [0.1, 0.15) is 37.8 Å². The molecule has 2 N–H and O–H groups in total. The molecule has 3 heterocycles. The highest BCUT2D eigenvalue weighted by molar-refractivity contribution is 6.06. The van der Waals surface area contributed by atoms with Crippen LogP contribution in [0.15, 0.2) is 79.5 Å². The van der Waals surface area contributed by atoms with Crippen molar-refractivity contribution in [3.63, 3.8) is 0 Å². The number of piperidine rings is 1. The van der Waals surface area contributed by atoms with Gasteiger partial charge < -0.3 is 25.1 Å². The second-order valence-electron chi connectivity index (χ2n) is 10.9. The first kappa shape index (κ1) is 29.3. The average Bonchev–Trinajstić information content (AvgIpc) is 3.68. The standard InChI is InChI=1S/C33H40N6O3/c1-4-35-33-31(24(2)34)32(25-14-16-29(17-15-25)42-28-11-6-5-7-12-28)36-39(33)26-10-8-20-38(22-26)30(40)13-9-19-37(3)27-18-21-41-23-27/h4-7,9,11-17,26-27,34-35H,1,8,10,18-23H2,2-3H3. The fraction of sp³-hybridized carbons (Fsp3) is 0.364. The Morgan fingerprint density at radius 3 is 2.64 bits per heavy atom. The minimum atomic E-state index is -0.0376. The number of amides is 1. The molecule has 2 saturated heterocycles. The Bertz CT molecular complexity index is 1410. The molecule has 1 aromatic heterocycles. The summed E-state index contributed by atoms with van der Waals surface area (Å²) in [6, 6.07) is 17.8. The summed E-state index contributed by atoms with van der Waals surface area (Å²) in [6.45, 7) is 9.16. The van der Waals surface area contributed by atoms with Gasteiger partial charge in [0.05, 0.1) is 18.2 Å². The number of benzene rings is 2. The van der Waals surface area contributed by atoms with Gasteiger partial charge in [-0.1, -0.05) is 30.9 Å². The van der Waals surface area contributed by atoms with Crippen molar-refractivity contribution in [3.8, 4) is 22.8 Å². The molecular weight excluding hydrogens is 528 g/mol. The number of carbonyl (C=O) groups excluding carboxylic acids is 1. The lowest BCUT2D eigenvalue weighted by Gasteiger charge is -2.33. The van der Waals surface area contributed by atoms with E-state index in [1.54, 1.807) is 19.2 Å². The molecule has 3 aromatic rings. The summed E-state index contributed by atoms with van der Waals surface area (Å²) in [5.74, 6) is 2.22. The number of rotatable bonds is 11. The van der Waals surface area contributed by atoms with Crippen molar-refractivity contribution < 1.29 is 14.3 Å². The molecule has 2 aliphatic rings. The lowest BCUT2D eigenvalue weighted by Crippen LogP contribution is -2.40. The molecule has 2 aliphatic heterocycles. The Labute approximate surface area is 247 Å². The lowest BCUT2D eigenvalue weighted by molar-refractivity contribution is -0.127. The first-order chi connectivity index (χ1) is 20.4. The van der Waals surface area contributed by atoms with E-state index in [-0.39, 0.29) is 11.9 Å². The van der Waals surface area contributed by atoms with E-state index in [1.807, 2.05) is 70.3 Å². The zero-order valence-corrected chi connectivity index (χ0v) is 24.5. The van der Waals surface area contributed by atoms with E-state index in [4.69, 9.17) is 20.0 Å². The van der Waals surface area contributed by atoms with Gasteiger partial charge in [-0.15, -0.1) is 0 Å². The number of likely N-dealkylation sites (tertiary alicyclic amines) is 1. The van der Waals surface area contributed by atoms with Crippen molar-refractivity contribution in [1.29, 1.82) is 5.41 Å². The zero-order chi connectivity index (χ0) is 29.5. The molecule has 42 heavy (non-hydrogen) atoms.